The van der Waals surface area contributed by atoms with Gasteiger partial charge in [-0.1, -0.05) is 12.1 Å². The molecule has 2 rings (SSSR count). The van der Waals surface area contributed by atoms with Crippen LogP contribution in [0.3, 0.4) is 0 Å². The molecule has 18 heavy (non-hydrogen) atoms. The fraction of sp³-hybridized carbons (Fsp3) is 0.167. The number of anilines is 1. The van der Waals surface area contributed by atoms with E-state index in [1.807, 2.05) is 24.3 Å². The van der Waals surface area contributed by atoms with Crippen LogP contribution in [0.2, 0.25) is 0 Å². The normalized spacial score (nSPS) is 10.6. The van der Waals surface area contributed by atoms with Crippen molar-refractivity contribution >= 4 is 33.5 Å². The molecule has 0 aliphatic carbocycles. The number of benzene rings is 1. The summed E-state index contributed by atoms with van der Waals surface area (Å²) < 4.78 is 1.03. The van der Waals surface area contributed by atoms with Crippen molar-refractivity contribution in [2.24, 2.45) is 0 Å². The Bertz CT molecular complexity index is 627. The summed E-state index contributed by atoms with van der Waals surface area (Å²) in [4.78, 5) is 19.5. The van der Waals surface area contributed by atoms with Crippen LogP contribution in [0, 0.1) is 6.92 Å². The number of hydrogen-bond donors (Lipinski definition) is 2. The standard InChI is InChI=1S/C12H12BrN3OS/c1-7-11(14)15-10(16-12(7)17)6-18-9-5-3-2-4-8(9)13/h2-5H,6H2,1H3,(H3,14,15,16,17). The Kier molecular flexibility index (Phi) is 4.08. The summed E-state index contributed by atoms with van der Waals surface area (Å²) in [5.74, 6) is 1.45. The first kappa shape index (κ1) is 13.2. The number of aromatic nitrogens is 2. The van der Waals surface area contributed by atoms with Crippen molar-refractivity contribution in [1.29, 1.82) is 0 Å². The first-order valence-electron chi connectivity index (χ1n) is 5.30. The van der Waals surface area contributed by atoms with Gasteiger partial charge in [0.15, 0.2) is 0 Å². The molecule has 0 atom stereocenters. The molecule has 1 aromatic carbocycles. The fourth-order valence-electron chi connectivity index (χ4n) is 1.37. The quantitative estimate of drug-likeness (QED) is 0.851. The molecule has 0 saturated heterocycles. The monoisotopic (exact) mass is 325 g/mol. The van der Waals surface area contributed by atoms with Crippen LogP contribution in [0.15, 0.2) is 38.4 Å². The number of nitrogens with two attached hydrogens (primary N) is 1. The molecule has 0 spiro atoms. The van der Waals surface area contributed by atoms with E-state index < -0.39 is 0 Å². The summed E-state index contributed by atoms with van der Waals surface area (Å²) in [6.45, 7) is 1.66. The van der Waals surface area contributed by atoms with E-state index in [4.69, 9.17) is 5.73 Å². The molecule has 0 fully saturated rings. The summed E-state index contributed by atoms with van der Waals surface area (Å²) in [6.07, 6.45) is 0. The Hall–Kier alpha value is -1.27. The first-order chi connectivity index (χ1) is 8.58. The van der Waals surface area contributed by atoms with E-state index in [1.54, 1.807) is 18.7 Å². The predicted octanol–water partition coefficient (Wildman–Crippen LogP) is 2.72. The molecular formula is C12H12BrN3OS. The lowest BCUT2D eigenvalue weighted by Crippen LogP contribution is -2.16. The van der Waals surface area contributed by atoms with Crippen molar-refractivity contribution in [2.75, 3.05) is 5.73 Å². The second kappa shape index (κ2) is 5.58. The van der Waals surface area contributed by atoms with Crippen LogP contribution in [0.5, 0.6) is 0 Å². The van der Waals surface area contributed by atoms with Gasteiger partial charge >= 0.3 is 0 Å². The molecule has 6 heteroatoms. The van der Waals surface area contributed by atoms with Crippen LogP contribution in [0.25, 0.3) is 0 Å². The minimum absolute atomic E-state index is 0.176. The molecule has 4 nitrogen and oxygen atoms in total. The Balaban J connectivity index is 2.17. The van der Waals surface area contributed by atoms with E-state index in [0.29, 0.717) is 23.0 Å². The van der Waals surface area contributed by atoms with Gasteiger partial charge in [0.25, 0.3) is 5.56 Å². The van der Waals surface area contributed by atoms with Crippen LogP contribution in [0.1, 0.15) is 11.4 Å². The largest absolute Gasteiger partial charge is 0.383 e. The summed E-state index contributed by atoms with van der Waals surface area (Å²) in [5.41, 5.74) is 5.96. The highest BCUT2D eigenvalue weighted by Crippen LogP contribution is 2.28. The minimum Gasteiger partial charge on any atom is -0.383 e. The van der Waals surface area contributed by atoms with Gasteiger partial charge in [-0.05, 0) is 35.0 Å². The van der Waals surface area contributed by atoms with Crippen molar-refractivity contribution in [1.82, 2.24) is 9.97 Å². The van der Waals surface area contributed by atoms with Gasteiger partial charge in [0.1, 0.15) is 11.6 Å². The molecule has 0 amide bonds. The second-order valence-electron chi connectivity index (χ2n) is 3.74. The van der Waals surface area contributed by atoms with E-state index in [1.165, 1.54) is 0 Å². The third-order valence-electron chi connectivity index (χ3n) is 2.44. The van der Waals surface area contributed by atoms with Gasteiger partial charge in [-0.3, -0.25) is 4.79 Å². The second-order valence-corrected chi connectivity index (χ2v) is 5.61. The molecule has 0 radical (unpaired) electrons. The van der Waals surface area contributed by atoms with Gasteiger partial charge in [0.2, 0.25) is 0 Å². The average molecular weight is 326 g/mol. The number of nitrogens with zero attached hydrogens (tertiary/aromatic N) is 1. The Labute approximate surface area is 117 Å². The zero-order chi connectivity index (χ0) is 13.1. The first-order valence-corrected chi connectivity index (χ1v) is 7.08. The average Bonchev–Trinajstić information content (AvgIpc) is 2.35. The van der Waals surface area contributed by atoms with E-state index in [-0.39, 0.29) is 5.56 Å². The summed E-state index contributed by atoms with van der Waals surface area (Å²) in [7, 11) is 0. The van der Waals surface area contributed by atoms with Crippen molar-refractivity contribution in [3.8, 4) is 0 Å². The highest BCUT2D eigenvalue weighted by atomic mass is 79.9. The molecule has 0 saturated carbocycles. The third kappa shape index (κ3) is 2.94. The van der Waals surface area contributed by atoms with Crippen molar-refractivity contribution in [3.63, 3.8) is 0 Å². The van der Waals surface area contributed by atoms with E-state index in [9.17, 15) is 4.79 Å². The van der Waals surface area contributed by atoms with Crippen LogP contribution < -0.4 is 11.3 Å². The summed E-state index contributed by atoms with van der Waals surface area (Å²) >= 11 is 5.06. The lowest BCUT2D eigenvalue weighted by Gasteiger charge is -2.05. The number of rotatable bonds is 3. The summed E-state index contributed by atoms with van der Waals surface area (Å²) in [5, 5.41) is 0. The molecule has 1 heterocycles. The Morgan fingerprint density at radius 2 is 2.17 bits per heavy atom. The van der Waals surface area contributed by atoms with Gasteiger partial charge < -0.3 is 10.7 Å². The smallest absolute Gasteiger partial charge is 0.255 e. The lowest BCUT2D eigenvalue weighted by molar-refractivity contribution is 0.988. The number of thioether (sulfide) groups is 1. The molecule has 2 aromatic rings. The van der Waals surface area contributed by atoms with Crippen molar-refractivity contribution in [3.05, 3.63) is 50.5 Å². The van der Waals surface area contributed by atoms with Gasteiger partial charge in [-0.2, -0.15) is 0 Å². The van der Waals surface area contributed by atoms with Crippen molar-refractivity contribution in [2.45, 2.75) is 17.6 Å². The molecule has 0 bridgehead atoms. The zero-order valence-corrected chi connectivity index (χ0v) is 12.1. The fourth-order valence-corrected chi connectivity index (χ4v) is 2.81. The van der Waals surface area contributed by atoms with Gasteiger partial charge in [0, 0.05) is 9.37 Å². The van der Waals surface area contributed by atoms with Crippen molar-refractivity contribution < 1.29 is 0 Å². The van der Waals surface area contributed by atoms with Gasteiger partial charge in [0.05, 0.1) is 11.3 Å². The number of nitrogen functional groups attached to an aromatic ring is 1. The Morgan fingerprint density at radius 3 is 2.83 bits per heavy atom. The Morgan fingerprint density at radius 1 is 1.44 bits per heavy atom. The highest BCUT2D eigenvalue weighted by molar-refractivity contribution is 9.10. The topological polar surface area (TPSA) is 71.8 Å². The number of H-pyrrole nitrogens is 1. The minimum atomic E-state index is -0.176. The molecule has 1 aromatic heterocycles. The maximum atomic E-state index is 11.5. The predicted molar refractivity (Wildman–Crippen MR) is 77.7 cm³/mol. The number of halogens is 1. The van der Waals surface area contributed by atoms with Crippen LogP contribution >= 0.6 is 27.7 Å². The number of hydrogen-bond acceptors (Lipinski definition) is 4. The molecule has 0 aliphatic rings. The number of nitrogens with one attached hydrogen (secondary N) is 1. The lowest BCUT2D eigenvalue weighted by atomic mass is 10.3. The van der Waals surface area contributed by atoms with E-state index in [0.717, 1.165) is 9.37 Å². The number of aromatic amines is 1. The third-order valence-corrected chi connectivity index (χ3v) is 4.48. The van der Waals surface area contributed by atoms with Crippen LogP contribution in [-0.4, -0.2) is 9.97 Å². The zero-order valence-electron chi connectivity index (χ0n) is 9.74. The molecule has 94 valence electrons. The molecule has 0 unspecified atom stereocenters. The maximum absolute atomic E-state index is 11.5. The van der Waals surface area contributed by atoms with E-state index >= 15 is 0 Å². The highest BCUT2D eigenvalue weighted by Gasteiger charge is 2.06. The molecule has 3 N–H and O–H groups in total. The van der Waals surface area contributed by atoms with Crippen LogP contribution in [0.4, 0.5) is 5.82 Å². The van der Waals surface area contributed by atoms with Crippen LogP contribution in [-0.2, 0) is 5.75 Å². The SMILES string of the molecule is Cc1c(N)nc(CSc2ccccc2Br)[nH]c1=O. The molecule has 0 aliphatic heterocycles. The van der Waals surface area contributed by atoms with Gasteiger partial charge in [-0.15, -0.1) is 11.8 Å². The van der Waals surface area contributed by atoms with E-state index in [2.05, 4.69) is 25.9 Å². The van der Waals surface area contributed by atoms with Gasteiger partial charge in [-0.25, -0.2) is 4.98 Å². The molecular weight excluding hydrogens is 314 g/mol. The summed E-state index contributed by atoms with van der Waals surface area (Å²) in [6, 6.07) is 7.90. The maximum Gasteiger partial charge on any atom is 0.255 e.